The summed E-state index contributed by atoms with van der Waals surface area (Å²) < 4.78 is 0. The molecule has 3 amide bonds. The minimum absolute atomic E-state index is 0.0876. The maximum atomic E-state index is 11.6. The molecular formula is C12H22N4O5. The van der Waals surface area contributed by atoms with Crippen molar-refractivity contribution in [2.45, 2.75) is 38.8 Å². The molecule has 0 aliphatic carbocycles. The zero-order valence-electron chi connectivity index (χ0n) is 12.1. The number of carbonyl (C=O) groups is 4. The van der Waals surface area contributed by atoms with Crippen LogP contribution in [-0.4, -0.2) is 47.4 Å². The van der Waals surface area contributed by atoms with Gasteiger partial charge in [0.15, 0.2) is 0 Å². The molecular weight excluding hydrogens is 280 g/mol. The SMILES string of the molecule is CC(C)[C@H](N)C(=O)NCC(=O)N[C@H](CCC(N)=O)C(=O)O. The lowest BCUT2D eigenvalue weighted by atomic mass is 10.1. The van der Waals surface area contributed by atoms with Crippen LogP contribution in [0.1, 0.15) is 26.7 Å². The molecule has 2 atom stereocenters. The number of carboxylic acid groups (broad SMARTS) is 1. The van der Waals surface area contributed by atoms with Crippen molar-refractivity contribution < 1.29 is 24.3 Å². The average molecular weight is 302 g/mol. The first-order valence-electron chi connectivity index (χ1n) is 6.49. The van der Waals surface area contributed by atoms with Gasteiger partial charge in [-0.2, -0.15) is 0 Å². The number of primary amides is 1. The van der Waals surface area contributed by atoms with Gasteiger partial charge in [-0.05, 0) is 12.3 Å². The Morgan fingerprint density at radius 2 is 1.76 bits per heavy atom. The van der Waals surface area contributed by atoms with Crippen molar-refractivity contribution in [2.24, 2.45) is 17.4 Å². The molecule has 120 valence electrons. The van der Waals surface area contributed by atoms with E-state index in [0.29, 0.717) is 0 Å². The molecule has 0 saturated heterocycles. The standard InChI is InChI=1S/C12H22N4O5/c1-6(2)10(14)11(19)15-5-9(18)16-7(12(20)21)3-4-8(13)17/h6-7,10H,3-5,14H2,1-2H3,(H2,13,17)(H,15,19)(H,16,18)(H,20,21)/t7-,10+/m1/s1. The Labute approximate surface area is 122 Å². The maximum absolute atomic E-state index is 11.6. The Morgan fingerprint density at radius 1 is 1.19 bits per heavy atom. The molecule has 0 aliphatic heterocycles. The Hall–Kier alpha value is -2.16. The zero-order chi connectivity index (χ0) is 16.6. The summed E-state index contributed by atoms with van der Waals surface area (Å²) in [6.07, 6.45) is -0.280. The quantitative estimate of drug-likeness (QED) is 0.328. The summed E-state index contributed by atoms with van der Waals surface area (Å²) in [7, 11) is 0. The molecule has 0 radical (unpaired) electrons. The highest BCUT2D eigenvalue weighted by atomic mass is 16.4. The van der Waals surface area contributed by atoms with Crippen LogP contribution in [-0.2, 0) is 19.2 Å². The van der Waals surface area contributed by atoms with Gasteiger partial charge in [0, 0.05) is 6.42 Å². The van der Waals surface area contributed by atoms with Gasteiger partial charge in [0.1, 0.15) is 6.04 Å². The second kappa shape index (κ2) is 8.90. The van der Waals surface area contributed by atoms with Crippen LogP contribution in [0.15, 0.2) is 0 Å². The van der Waals surface area contributed by atoms with Gasteiger partial charge in [-0.15, -0.1) is 0 Å². The molecule has 0 spiro atoms. The molecule has 0 saturated carbocycles. The molecule has 0 bridgehead atoms. The summed E-state index contributed by atoms with van der Waals surface area (Å²) in [5.74, 6) is -3.21. The number of hydrogen-bond acceptors (Lipinski definition) is 5. The van der Waals surface area contributed by atoms with Crippen LogP contribution < -0.4 is 22.1 Å². The van der Waals surface area contributed by atoms with Gasteiger partial charge in [0.25, 0.3) is 0 Å². The zero-order valence-corrected chi connectivity index (χ0v) is 12.1. The molecule has 9 heteroatoms. The van der Waals surface area contributed by atoms with Gasteiger partial charge in [0.05, 0.1) is 12.6 Å². The van der Waals surface area contributed by atoms with Crippen molar-refractivity contribution >= 4 is 23.7 Å². The van der Waals surface area contributed by atoms with Crippen LogP contribution in [0.3, 0.4) is 0 Å². The van der Waals surface area contributed by atoms with Crippen LogP contribution in [0.4, 0.5) is 0 Å². The minimum atomic E-state index is -1.28. The number of carbonyl (C=O) groups excluding carboxylic acids is 3. The third kappa shape index (κ3) is 7.88. The van der Waals surface area contributed by atoms with E-state index in [1.54, 1.807) is 13.8 Å². The van der Waals surface area contributed by atoms with Gasteiger partial charge in [0.2, 0.25) is 17.7 Å². The fourth-order valence-electron chi connectivity index (χ4n) is 1.38. The summed E-state index contributed by atoms with van der Waals surface area (Å²) in [6, 6.07) is -1.98. The molecule has 0 aromatic carbocycles. The normalized spacial score (nSPS) is 13.3. The van der Waals surface area contributed by atoms with E-state index in [2.05, 4.69) is 10.6 Å². The molecule has 21 heavy (non-hydrogen) atoms. The van der Waals surface area contributed by atoms with E-state index in [9.17, 15) is 19.2 Å². The van der Waals surface area contributed by atoms with E-state index in [1.807, 2.05) is 0 Å². The predicted octanol–water partition coefficient (Wildman–Crippen LogP) is -2.08. The highest BCUT2D eigenvalue weighted by molar-refractivity contribution is 5.89. The highest BCUT2D eigenvalue weighted by Crippen LogP contribution is 1.98. The Bertz CT molecular complexity index is 410. The number of nitrogens with two attached hydrogens (primary N) is 2. The Morgan fingerprint density at radius 3 is 2.19 bits per heavy atom. The van der Waals surface area contributed by atoms with Crippen LogP contribution in [0.5, 0.6) is 0 Å². The van der Waals surface area contributed by atoms with Crippen LogP contribution >= 0.6 is 0 Å². The first-order chi connectivity index (χ1) is 9.65. The minimum Gasteiger partial charge on any atom is -0.480 e. The molecule has 0 aliphatic rings. The van der Waals surface area contributed by atoms with Gasteiger partial charge in [-0.1, -0.05) is 13.8 Å². The smallest absolute Gasteiger partial charge is 0.326 e. The van der Waals surface area contributed by atoms with Crippen LogP contribution in [0.25, 0.3) is 0 Å². The highest BCUT2D eigenvalue weighted by Gasteiger charge is 2.22. The van der Waals surface area contributed by atoms with Crippen LogP contribution in [0, 0.1) is 5.92 Å². The average Bonchev–Trinajstić information content (AvgIpc) is 2.38. The van der Waals surface area contributed by atoms with Crippen molar-refractivity contribution in [1.82, 2.24) is 10.6 Å². The molecule has 0 fully saturated rings. The van der Waals surface area contributed by atoms with Crippen molar-refractivity contribution in [1.29, 1.82) is 0 Å². The Balaban J connectivity index is 4.29. The first kappa shape index (κ1) is 18.8. The van der Waals surface area contributed by atoms with E-state index in [4.69, 9.17) is 16.6 Å². The van der Waals surface area contributed by atoms with Crippen molar-refractivity contribution in [3.63, 3.8) is 0 Å². The fraction of sp³-hybridized carbons (Fsp3) is 0.667. The lowest BCUT2D eigenvalue weighted by Crippen LogP contribution is -2.49. The lowest BCUT2D eigenvalue weighted by molar-refractivity contribution is -0.142. The number of aliphatic carboxylic acids is 1. The van der Waals surface area contributed by atoms with E-state index >= 15 is 0 Å². The topological polar surface area (TPSA) is 165 Å². The van der Waals surface area contributed by atoms with Crippen molar-refractivity contribution in [3.8, 4) is 0 Å². The van der Waals surface area contributed by atoms with Crippen LogP contribution in [0.2, 0.25) is 0 Å². The molecule has 9 nitrogen and oxygen atoms in total. The van der Waals surface area contributed by atoms with E-state index in [0.717, 1.165) is 0 Å². The molecule has 0 aromatic rings. The molecule has 0 aromatic heterocycles. The third-order valence-corrected chi connectivity index (χ3v) is 2.76. The fourth-order valence-corrected chi connectivity index (χ4v) is 1.38. The molecule has 0 rings (SSSR count). The summed E-state index contributed by atoms with van der Waals surface area (Å²) in [6.45, 7) is 3.13. The van der Waals surface area contributed by atoms with E-state index in [1.165, 1.54) is 0 Å². The first-order valence-corrected chi connectivity index (χ1v) is 6.49. The monoisotopic (exact) mass is 302 g/mol. The summed E-state index contributed by atoms with van der Waals surface area (Å²) >= 11 is 0. The maximum Gasteiger partial charge on any atom is 0.326 e. The molecule has 0 unspecified atom stereocenters. The Kier molecular flexibility index (Phi) is 7.99. The number of hydrogen-bond donors (Lipinski definition) is 5. The van der Waals surface area contributed by atoms with Gasteiger partial charge in [-0.25, -0.2) is 4.79 Å². The number of amides is 3. The predicted molar refractivity (Wildman–Crippen MR) is 73.8 cm³/mol. The van der Waals surface area contributed by atoms with Gasteiger partial charge in [-0.3, -0.25) is 14.4 Å². The number of rotatable bonds is 9. The van der Waals surface area contributed by atoms with E-state index < -0.39 is 35.8 Å². The summed E-state index contributed by atoms with van der Waals surface area (Å²) in [5.41, 5.74) is 10.5. The number of nitrogens with one attached hydrogen (secondary N) is 2. The second-order valence-corrected chi connectivity index (χ2v) is 4.95. The summed E-state index contributed by atoms with van der Waals surface area (Å²) in [4.78, 5) is 44.6. The van der Waals surface area contributed by atoms with E-state index in [-0.39, 0.29) is 25.3 Å². The van der Waals surface area contributed by atoms with Gasteiger partial charge >= 0.3 is 5.97 Å². The largest absolute Gasteiger partial charge is 0.480 e. The number of carboxylic acids is 1. The lowest BCUT2D eigenvalue weighted by Gasteiger charge is -2.17. The van der Waals surface area contributed by atoms with Crippen molar-refractivity contribution in [2.75, 3.05) is 6.54 Å². The molecule has 7 N–H and O–H groups in total. The van der Waals surface area contributed by atoms with Gasteiger partial charge < -0.3 is 27.2 Å². The summed E-state index contributed by atoms with van der Waals surface area (Å²) in [5, 5.41) is 13.4. The van der Waals surface area contributed by atoms with Crippen molar-refractivity contribution in [3.05, 3.63) is 0 Å². The second-order valence-electron chi connectivity index (χ2n) is 4.95. The molecule has 0 heterocycles. The third-order valence-electron chi connectivity index (χ3n) is 2.76.